The molecule has 0 atom stereocenters. The van der Waals surface area contributed by atoms with E-state index in [1.165, 1.54) is 0 Å². The van der Waals surface area contributed by atoms with Gasteiger partial charge in [-0.05, 0) is 0 Å². The van der Waals surface area contributed by atoms with Gasteiger partial charge in [0.15, 0.2) is 13.2 Å². The molecular formula is C5H9BF4N2. The van der Waals surface area contributed by atoms with Gasteiger partial charge in [-0.2, -0.15) is 4.68 Å². The molecule has 0 aromatic carbocycles. The first kappa shape index (κ1) is 11.0. The summed E-state index contributed by atoms with van der Waals surface area (Å²) in [5, 5.41) is 0. The van der Waals surface area contributed by atoms with Crippen LogP contribution >= 0.6 is 0 Å². The molecule has 0 bridgehead atoms. The van der Waals surface area contributed by atoms with E-state index in [4.69, 9.17) is 0 Å². The maximum atomic E-state index is 9.75. The molecule has 0 N–H and O–H groups in total. The van der Waals surface area contributed by atoms with Gasteiger partial charge in [0.2, 0.25) is 0 Å². The number of rotatable bonds is 0. The maximum absolute atomic E-state index is 9.75. The molecule has 0 saturated heterocycles. The molecule has 0 fully saturated rings. The van der Waals surface area contributed by atoms with Gasteiger partial charge >= 0.3 is 7.25 Å². The van der Waals surface area contributed by atoms with Crippen molar-refractivity contribution in [2.75, 3.05) is 0 Å². The lowest BCUT2D eigenvalue weighted by Gasteiger charge is -1.94. The van der Waals surface area contributed by atoms with Gasteiger partial charge in [-0.25, -0.2) is 0 Å². The fourth-order valence-electron chi connectivity index (χ4n) is 0.498. The van der Waals surface area contributed by atoms with Crippen molar-refractivity contribution >= 4 is 7.25 Å². The van der Waals surface area contributed by atoms with Crippen LogP contribution in [-0.2, 0) is 14.1 Å². The molecule has 1 heterocycles. The summed E-state index contributed by atoms with van der Waals surface area (Å²) in [5.41, 5.74) is 0. The predicted molar refractivity (Wildman–Crippen MR) is 36.8 cm³/mol. The zero-order chi connectivity index (χ0) is 9.78. The Morgan fingerprint density at radius 1 is 1.25 bits per heavy atom. The van der Waals surface area contributed by atoms with Gasteiger partial charge in [-0.15, -0.1) is 4.68 Å². The molecule has 1 aromatic heterocycles. The van der Waals surface area contributed by atoms with Crippen LogP contribution in [0, 0.1) is 0 Å². The Bertz CT molecular complexity index is 209. The highest BCUT2D eigenvalue weighted by Crippen LogP contribution is 2.06. The summed E-state index contributed by atoms with van der Waals surface area (Å²) >= 11 is 0. The van der Waals surface area contributed by atoms with Crippen LogP contribution in [0.25, 0.3) is 0 Å². The maximum Gasteiger partial charge on any atom is 0.673 e. The molecule has 0 aliphatic carbocycles. The minimum Gasteiger partial charge on any atom is -0.418 e. The van der Waals surface area contributed by atoms with Crippen LogP contribution < -0.4 is 4.68 Å². The largest absolute Gasteiger partial charge is 0.673 e. The van der Waals surface area contributed by atoms with Crippen LogP contribution in [0.1, 0.15) is 0 Å². The summed E-state index contributed by atoms with van der Waals surface area (Å²) in [6.07, 6.45) is 4.00. The standard InChI is InChI=1S/C5H9N2.BF4/c1-6-4-3-5-7(6)2;2-1(3,4)5/h3-5H,1-2H3;/q+1;-1. The van der Waals surface area contributed by atoms with Crippen molar-refractivity contribution in [3.8, 4) is 0 Å². The van der Waals surface area contributed by atoms with Gasteiger partial charge < -0.3 is 17.3 Å². The molecule has 0 saturated carbocycles. The Hall–Kier alpha value is -1.01. The minimum absolute atomic E-state index is 2.00. The third-order valence-corrected chi connectivity index (χ3v) is 1.10. The Kier molecular flexibility index (Phi) is 3.78. The van der Waals surface area contributed by atoms with E-state index in [-0.39, 0.29) is 0 Å². The highest BCUT2D eigenvalue weighted by Gasteiger charge is 2.20. The van der Waals surface area contributed by atoms with Crippen LogP contribution in [0.2, 0.25) is 0 Å². The van der Waals surface area contributed by atoms with E-state index >= 15 is 0 Å². The van der Waals surface area contributed by atoms with Gasteiger partial charge in [0.05, 0.1) is 13.2 Å². The van der Waals surface area contributed by atoms with Gasteiger partial charge in [0.1, 0.15) is 0 Å². The van der Waals surface area contributed by atoms with Crippen LogP contribution in [0.3, 0.4) is 0 Å². The Labute approximate surface area is 67.5 Å². The molecule has 70 valence electrons. The molecule has 1 rings (SSSR count). The van der Waals surface area contributed by atoms with Gasteiger partial charge in [0, 0.05) is 6.07 Å². The van der Waals surface area contributed by atoms with Gasteiger partial charge in [-0.3, -0.25) is 0 Å². The number of halogens is 4. The van der Waals surface area contributed by atoms with E-state index in [0.717, 1.165) is 0 Å². The first-order chi connectivity index (χ1) is 5.30. The topological polar surface area (TPSA) is 8.81 Å². The molecular weight excluding hydrogens is 175 g/mol. The van der Waals surface area contributed by atoms with Gasteiger partial charge in [-0.1, -0.05) is 0 Å². The monoisotopic (exact) mass is 184 g/mol. The molecule has 0 amide bonds. The van der Waals surface area contributed by atoms with Crippen LogP contribution in [0.5, 0.6) is 0 Å². The first-order valence-electron chi connectivity index (χ1n) is 3.15. The smallest absolute Gasteiger partial charge is 0.418 e. The van der Waals surface area contributed by atoms with Crippen molar-refractivity contribution in [2.24, 2.45) is 14.1 Å². The first-order valence-corrected chi connectivity index (χ1v) is 3.15. The SMILES string of the molecule is Cn1ccc[n+]1C.F[B-](F)(F)F. The van der Waals surface area contributed by atoms with Crippen LogP contribution in [0.15, 0.2) is 18.5 Å². The summed E-state index contributed by atoms with van der Waals surface area (Å²) in [5.74, 6) is 0. The van der Waals surface area contributed by atoms with E-state index in [0.29, 0.717) is 0 Å². The molecule has 2 nitrogen and oxygen atoms in total. The highest BCUT2D eigenvalue weighted by molar-refractivity contribution is 6.50. The van der Waals surface area contributed by atoms with E-state index in [1.807, 2.05) is 41.9 Å². The summed E-state index contributed by atoms with van der Waals surface area (Å²) in [6.45, 7) is 0. The third kappa shape index (κ3) is 7.11. The summed E-state index contributed by atoms with van der Waals surface area (Å²) < 4.78 is 43.0. The van der Waals surface area contributed by atoms with Crippen molar-refractivity contribution in [1.29, 1.82) is 0 Å². The second-order valence-electron chi connectivity index (χ2n) is 2.13. The Morgan fingerprint density at radius 3 is 1.75 bits per heavy atom. The van der Waals surface area contributed by atoms with Gasteiger partial charge in [0.25, 0.3) is 0 Å². The molecule has 0 aliphatic rings. The minimum atomic E-state index is -6.00. The van der Waals surface area contributed by atoms with Crippen molar-refractivity contribution in [3.05, 3.63) is 18.5 Å². The predicted octanol–water partition coefficient (Wildman–Crippen LogP) is 1.15. The second kappa shape index (κ2) is 4.13. The Balaban J connectivity index is 0.000000217. The van der Waals surface area contributed by atoms with E-state index in [2.05, 4.69) is 0 Å². The molecule has 1 aromatic rings. The molecule has 0 spiro atoms. The average molecular weight is 184 g/mol. The van der Waals surface area contributed by atoms with E-state index < -0.39 is 7.25 Å². The number of aromatic nitrogens is 2. The quantitative estimate of drug-likeness (QED) is 0.325. The summed E-state index contributed by atoms with van der Waals surface area (Å²) in [6, 6.07) is 2.00. The van der Waals surface area contributed by atoms with Crippen molar-refractivity contribution in [3.63, 3.8) is 0 Å². The fraction of sp³-hybridized carbons (Fsp3) is 0.400. The summed E-state index contributed by atoms with van der Waals surface area (Å²) in [7, 11) is -2.00. The number of nitrogens with zero attached hydrogens (tertiary/aromatic N) is 2. The number of hydrogen-bond acceptors (Lipinski definition) is 0. The molecule has 0 unspecified atom stereocenters. The molecule has 0 aliphatic heterocycles. The highest BCUT2D eigenvalue weighted by atomic mass is 19.5. The zero-order valence-corrected chi connectivity index (χ0v) is 6.72. The van der Waals surface area contributed by atoms with Crippen molar-refractivity contribution in [2.45, 2.75) is 0 Å². The van der Waals surface area contributed by atoms with E-state index in [1.54, 1.807) is 0 Å². The summed E-state index contributed by atoms with van der Waals surface area (Å²) in [4.78, 5) is 0. The van der Waals surface area contributed by atoms with Crippen LogP contribution in [0.4, 0.5) is 17.3 Å². The second-order valence-corrected chi connectivity index (χ2v) is 2.13. The average Bonchev–Trinajstić information content (AvgIpc) is 2.12. The van der Waals surface area contributed by atoms with E-state index in [9.17, 15) is 17.3 Å². The van der Waals surface area contributed by atoms with Crippen molar-refractivity contribution < 1.29 is 21.9 Å². The molecule has 12 heavy (non-hydrogen) atoms. The molecule has 0 radical (unpaired) electrons. The molecule has 7 heteroatoms. The normalized spacial score (nSPS) is 10.5. The van der Waals surface area contributed by atoms with Crippen molar-refractivity contribution in [1.82, 2.24) is 4.68 Å². The van der Waals surface area contributed by atoms with Crippen LogP contribution in [-0.4, -0.2) is 11.9 Å². The lowest BCUT2D eigenvalue weighted by atomic mass is 10.3. The number of hydrogen-bond donors (Lipinski definition) is 0. The lowest BCUT2D eigenvalue weighted by Crippen LogP contribution is -2.35. The third-order valence-electron chi connectivity index (χ3n) is 1.10. The zero-order valence-electron chi connectivity index (χ0n) is 6.72. The lowest BCUT2D eigenvalue weighted by molar-refractivity contribution is -0.751. The number of aryl methyl sites for hydroxylation is 2. The fourth-order valence-corrected chi connectivity index (χ4v) is 0.498. The Morgan fingerprint density at radius 2 is 1.67 bits per heavy atom.